The molecule has 0 aromatic heterocycles. The molecule has 0 amide bonds. The molecule has 29 heavy (non-hydrogen) atoms. The van der Waals surface area contributed by atoms with Crippen LogP contribution in [0.5, 0.6) is 0 Å². The quantitative estimate of drug-likeness (QED) is 0.273. The maximum atomic E-state index is 4.66. The maximum absolute atomic E-state index is 4.66. The molecule has 0 radical (unpaired) electrons. The van der Waals surface area contributed by atoms with Crippen molar-refractivity contribution in [2.75, 3.05) is 0 Å². The molecule has 4 aromatic carbocycles. The van der Waals surface area contributed by atoms with E-state index in [1.165, 1.54) is 27.0 Å². The molecule has 0 saturated carbocycles. The highest BCUT2D eigenvalue weighted by molar-refractivity contribution is 7.80. The third-order valence-electron chi connectivity index (χ3n) is 4.71. The highest BCUT2D eigenvalue weighted by Crippen LogP contribution is 2.37. The Bertz CT molecular complexity index is 1070. The lowest BCUT2D eigenvalue weighted by molar-refractivity contribution is 1.23. The van der Waals surface area contributed by atoms with Gasteiger partial charge in [-0.05, 0) is 56.6 Å². The summed E-state index contributed by atoms with van der Waals surface area (Å²) in [5, 5.41) is 13.0. The smallest absolute Gasteiger partial charge is 0.0940 e. The van der Waals surface area contributed by atoms with E-state index in [-0.39, 0.29) is 0 Å². The van der Waals surface area contributed by atoms with Crippen molar-refractivity contribution in [2.24, 2.45) is 10.2 Å². The molecule has 0 bridgehead atoms. The second-order valence-corrected chi connectivity index (χ2v) is 9.22. The summed E-state index contributed by atoms with van der Waals surface area (Å²) in [5.74, 6) is 0. The SMILES string of the molecule is Cc1ccc(N=Nc2ccc(C)cc2P(c2ccccc2)c2ccccc2)cc1. The molecule has 4 rings (SSSR count). The standard InChI is InChI=1S/C26H23N2P/c1-20-13-16-22(17-14-20)27-28-25-18-15-21(2)19-26(25)29(23-9-5-3-6-10-23)24-11-7-4-8-12-24/h3-19H,1-2H3. The van der Waals surface area contributed by atoms with E-state index < -0.39 is 7.92 Å². The summed E-state index contributed by atoms with van der Waals surface area (Å²) in [6, 6.07) is 36.0. The number of hydrogen-bond donors (Lipinski definition) is 0. The number of hydrogen-bond acceptors (Lipinski definition) is 2. The molecule has 2 nitrogen and oxygen atoms in total. The summed E-state index contributed by atoms with van der Waals surface area (Å²) in [4.78, 5) is 0. The fraction of sp³-hybridized carbons (Fsp3) is 0.0769. The van der Waals surface area contributed by atoms with Gasteiger partial charge in [0.25, 0.3) is 0 Å². The van der Waals surface area contributed by atoms with E-state index in [4.69, 9.17) is 0 Å². The molecule has 0 aliphatic heterocycles. The van der Waals surface area contributed by atoms with Crippen molar-refractivity contribution in [1.82, 2.24) is 0 Å². The summed E-state index contributed by atoms with van der Waals surface area (Å²) >= 11 is 0. The zero-order chi connectivity index (χ0) is 20.1. The van der Waals surface area contributed by atoms with Gasteiger partial charge in [-0.25, -0.2) is 0 Å². The van der Waals surface area contributed by atoms with E-state index >= 15 is 0 Å². The zero-order valence-corrected chi connectivity index (χ0v) is 17.6. The topological polar surface area (TPSA) is 24.7 Å². The third-order valence-corrected chi connectivity index (χ3v) is 7.18. The van der Waals surface area contributed by atoms with Crippen LogP contribution in [-0.4, -0.2) is 0 Å². The van der Waals surface area contributed by atoms with Gasteiger partial charge in [0.15, 0.2) is 0 Å². The Morgan fingerprint density at radius 3 is 1.69 bits per heavy atom. The molecular formula is C26H23N2P. The van der Waals surface area contributed by atoms with Crippen LogP contribution >= 0.6 is 7.92 Å². The monoisotopic (exact) mass is 394 g/mol. The van der Waals surface area contributed by atoms with E-state index in [0.29, 0.717) is 0 Å². The van der Waals surface area contributed by atoms with Crippen LogP contribution in [0.15, 0.2) is 113 Å². The van der Waals surface area contributed by atoms with Crippen LogP contribution in [0, 0.1) is 13.8 Å². The van der Waals surface area contributed by atoms with Crippen LogP contribution in [0.4, 0.5) is 11.4 Å². The van der Waals surface area contributed by atoms with Crippen LogP contribution in [0.1, 0.15) is 11.1 Å². The largest absolute Gasteiger partial charge is 0.151 e. The van der Waals surface area contributed by atoms with E-state index in [1.807, 2.05) is 12.1 Å². The molecule has 0 saturated heterocycles. The molecule has 0 atom stereocenters. The molecular weight excluding hydrogens is 371 g/mol. The van der Waals surface area contributed by atoms with Gasteiger partial charge < -0.3 is 0 Å². The lowest BCUT2D eigenvalue weighted by Gasteiger charge is -2.21. The van der Waals surface area contributed by atoms with E-state index in [9.17, 15) is 0 Å². The van der Waals surface area contributed by atoms with Gasteiger partial charge in [-0.3, -0.25) is 0 Å². The Kier molecular flexibility index (Phi) is 5.93. The Labute approximate surface area is 173 Å². The molecule has 3 heteroatoms. The number of benzene rings is 4. The van der Waals surface area contributed by atoms with E-state index in [0.717, 1.165) is 11.4 Å². The molecule has 0 heterocycles. The highest BCUT2D eigenvalue weighted by atomic mass is 31.1. The predicted octanol–water partition coefficient (Wildman–Crippen LogP) is 6.48. The van der Waals surface area contributed by atoms with Crippen LogP contribution in [0.2, 0.25) is 0 Å². The Hall–Kier alpha value is -3.09. The number of rotatable bonds is 5. The fourth-order valence-electron chi connectivity index (χ4n) is 3.20. The van der Waals surface area contributed by atoms with Gasteiger partial charge >= 0.3 is 0 Å². The van der Waals surface area contributed by atoms with E-state index in [2.05, 4.69) is 115 Å². The van der Waals surface area contributed by atoms with Gasteiger partial charge in [0, 0.05) is 5.30 Å². The summed E-state index contributed by atoms with van der Waals surface area (Å²) in [6.45, 7) is 4.21. The van der Waals surface area contributed by atoms with Gasteiger partial charge in [-0.2, -0.15) is 5.11 Å². The van der Waals surface area contributed by atoms with Crippen LogP contribution in [-0.2, 0) is 0 Å². The van der Waals surface area contributed by atoms with Crippen LogP contribution in [0.3, 0.4) is 0 Å². The second-order valence-electron chi connectivity index (χ2n) is 7.03. The minimum Gasteiger partial charge on any atom is -0.151 e. The summed E-state index contributed by atoms with van der Waals surface area (Å²) in [7, 11) is -0.722. The van der Waals surface area contributed by atoms with Gasteiger partial charge in [-0.1, -0.05) is 90.0 Å². The Morgan fingerprint density at radius 1 is 0.552 bits per heavy atom. The molecule has 0 unspecified atom stereocenters. The number of nitrogens with zero attached hydrogens (tertiary/aromatic N) is 2. The number of aryl methyl sites for hydroxylation is 2. The summed E-state index contributed by atoms with van der Waals surface area (Å²) in [6.07, 6.45) is 0. The summed E-state index contributed by atoms with van der Waals surface area (Å²) in [5.41, 5.74) is 4.24. The van der Waals surface area contributed by atoms with Crippen molar-refractivity contribution in [3.05, 3.63) is 114 Å². The van der Waals surface area contributed by atoms with Gasteiger partial charge in [0.05, 0.1) is 11.4 Å². The van der Waals surface area contributed by atoms with Crippen molar-refractivity contribution >= 4 is 35.2 Å². The summed E-state index contributed by atoms with van der Waals surface area (Å²) < 4.78 is 0. The minimum atomic E-state index is -0.722. The molecule has 0 aliphatic rings. The van der Waals surface area contributed by atoms with E-state index in [1.54, 1.807) is 0 Å². The molecule has 0 aliphatic carbocycles. The van der Waals surface area contributed by atoms with Crippen molar-refractivity contribution in [3.63, 3.8) is 0 Å². The average Bonchev–Trinajstić information content (AvgIpc) is 2.76. The first-order valence-corrected chi connectivity index (χ1v) is 11.0. The van der Waals surface area contributed by atoms with Crippen molar-refractivity contribution in [1.29, 1.82) is 0 Å². The Morgan fingerprint density at radius 2 is 1.10 bits per heavy atom. The van der Waals surface area contributed by atoms with Gasteiger partial charge in [0.1, 0.15) is 0 Å². The average molecular weight is 394 g/mol. The first kappa shape index (κ1) is 19.2. The number of azo groups is 1. The predicted molar refractivity (Wildman–Crippen MR) is 125 cm³/mol. The Balaban J connectivity index is 1.82. The van der Waals surface area contributed by atoms with Crippen molar-refractivity contribution < 1.29 is 0 Å². The van der Waals surface area contributed by atoms with Crippen molar-refractivity contribution in [3.8, 4) is 0 Å². The fourth-order valence-corrected chi connectivity index (χ4v) is 5.68. The minimum absolute atomic E-state index is 0.722. The lowest BCUT2D eigenvalue weighted by atomic mass is 10.2. The molecule has 4 aromatic rings. The normalized spacial score (nSPS) is 11.3. The molecule has 142 valence electrons. The lowest BCUT2D eigenvalue weighted by Crippen LogP contribution is -2.21. The first-order valence-electron chi connectivity index (χ1n) is 9.70. The second kappa shape index (κ2) is 8.94. The maximum Gasteiger partial charge on any atom is 0.0940 e. The van der Waals surface area contributed by atoms with Crippen molar-refractivity contribution in [2.45, 2.75) is 13.8 Å². The molecule has 0 N–H and O–H groups in total. The van der Waals surface area contributed by atoms with Gasteiger partial charge in [-0.15, -0.1) is 5.11 Å². The zero-order valence-electron chi connectivity index (χ0n) is 16.7. The third kappa shape index (κ3) is 4.67. The van der Waals surface area contributed by atoms with Crippen LogP contribution in [0.25, 0.3) is 0 Å². The molecule has 0 spiro atoms. The first-order chi connectivity index (χ1) is 14.2. The molecule has 0 fully saturated rings. The van der Waals surface area contributed by atoms with Crippen LogP contribution < -0.4 is 15.9 Å². The highest BCUT2D eigenvalue weighted by Gasteiger charge is 2.19. The van der Waals surface area contributed by atoms with Gasteiger partial charge in [0.2, 0.25) is 0 Å².